The summed E-state index contributed by atoms with van der Waals surface area (Å²) in [5, 5.41) is 0. The minimum Gasteiger partial charge on any atom is -0.355 e. The number of hydrogen-bond acceptors (Lipinski definition) is 4. The maximum atomic E-state index is 5.87. The van der Waals surface area contributed by atoms with Crippen molar-refractivity contribution in [2.45, 2.75) is 37.9 Å². The van der Waals surface area contributed by atoms with Crippen LogP contribution < -0.4 is 10.6 Å². The molecule has 2 saturated heterocycles. The van der Waals surface area contributed by atoms with Gasteiger partial charge in [-0.3, -0.25) is 4.90 Å². The number of halogens is 1. The Kier molecular flexibility index (Phi) is 3.78. The van der Waals surface area contributed by atoms with Crippen LogP contribution >= 0.6 is 15.9 Å². The normalized spacial score (nSPS) is 27.6. The molecule has 1 aromatic rings. The molecule has 0 aromatic carbocycles. The van der Waals surface area contributed by atoms with Gasteiger partial charge < -0.3 is 10.6 Å². The van der Waals surface area contributed by atoms with Gasteiger partial charge in [-0.15, -0.1) is 0 Å². The van der Waals surface area contributed by atoms with E-state index in [2.05, 4.69) is 43.8 Å². The van der Waals surface area contributed by atoms with Crippen LogP contribution in [0.1, 0.15) is 24.8 Å². The monoisotopic (exact) mass is 324 g/mol. The summed E-state index contributed by atoms with van der Waals surface area (Å²) in [5.41, 5.74) is 7.00. The summed E-state index contributed by atoms with van der Waals surface area (Å²) in [6, 6.07) is 3.52. The van der Waals surface area contributed by atoms with Crippen LogP contribution in [-0.4, -0.2) is 42.1 Å². The number of fused-ring (bicyclic) bond motifs is 2. The molecule has 19 heavy (non-hydrogen) atoms. The number of nitrogens with zero attached hydrogens (tertiary/aromatic N) is 3. The molecule has 2 atom stereocenters. The van der Waals surface area contributed by atoms with E-state index in [-0.39, 0.29) is 0 Å². The third-order valence-corrected chi connectivity index (χ3v) is 5.01. The van der Waals surface area contributed by atoms with E-state index in [1.807, 2.05) is 6.20 Å². The number of anilines is 1. The third-order valence-electron chi connectivity index (χ3n) is 4.58. The Morgan fingerprint density at radius 2 is 2.16 bits per heavy atom. The molecule has 2 fully saturated rings. The fraction of sp³-hybridized carbons (Fsp3) is 0.643. The Balaban J connectivity index is 1.86. The van der Waals surface area contributed by atoms with Gasteiger partial charge in [-0.05, 0) is 48.3 Å². The smallest absolute Gasteiger partial charge is 0.133 e. The molecule has 104 valence electrons. The first-order chi connectivity index (χ1) is 9.19. The Labute approximate surface area is 123 Å². The van der Waals surface area contributed by atoms with Crippen molar-refractivity contribution in [3.05, 3.63) is 22.3 Å². The molecule has 0 radical (unpaired) electrons. The van der Waals surface area contributed by atoms with E-state index < -0.39 is 0 Å². The molecule has 2 aliphatic heterocycles. The van der Waals surface area contributed by atoms with E-state index in [0.29, 0.717) is 12.6 Å². The lowest BCUT2D eigenvalue weighted by atomic mass is 10.1. The van der Waals surface area contributed by atoms with E-state index in [1.54, 1.807) is 0 Å². The van der Waals surface area contributed by atoms with Crippen molar-refractivity contribution in [3.63, 3.8) is 0 Å². The van der Waals surface area contributed by atoms with Gasteiger partial charge in [0.05, 0.1) is 0 Å². The molecule has 1 aromatic heterocycles. The second-order valence-corrected chi connectivity index (χ2v) is 6.54. The molecule has 2 unspecified atom stereocenters. The van der Waals surface area contributed by atoms with Gasteiger partial charge in [0.25, 0.3) is 0 Å². The highest BCUT2D eigenvalue weighted by Crippen LogP contribution is 2.31. The molecular formula is C14H21BrN4. The van der Waals surface area contributed by atoms with Gasteiger partial charge in [0.1, 0.15) is 5.82 Å². The summed E-state index contributed by atoms with van der Waals surface area (Å²) in [4.78, 5) is 9.59. The van der Waals surface area contributed by atoms with Crippen molar-refractivity contribution >= 4 is 21.7 Å². The number of likely N-dealkylation sites (N-methyl/N-ethyl adjacent to an activating group) is 1. The zero-order chi connectivity index (χ0) is 13.4. The highest BCUT2D eigenvalue weighted by atomic mass is 79.9. The SMILES string of the molecule is CN1C2CCC1CN(c1ncc(Br)cc1CN)CC2. The molecule has 0 saturated carbocycles. The summed E-state index contributed by atoms with van der Waals surface area (Å²) >= 11 is 3.47. The highest BCUT2D eigenvalue weighted by molar-refractivity contribution is 9.10. The van der Waals surface area contributed by atoms with Gasteiger partial charge >= 0.3 is 0 Å². The Hall–Kier alpha value is -0.650. The van der Waals surface area contributed by atoms with Crippen LogP contribution in [0.2, 0.25) is 0 Å². The van der Waals surface area contributed by atoms with E-state index in [1.165, 1.54) is 19.3 Å². The highest BCUT2D eigenvalue weighted by Gasteiger charge is 2.35. The number of pyridine rings is 1. The van der Waals surface area contributed by atoms with Crippen LogP contribution in [0.5, 0.6) is 0 Å². The van der Waals surface area contributed by atoms with Crippen molar-refractivity contribution in [2.24, 2.45) is 5.73 Å². The Morgan fingerprint density at radius 1 is 1.37 bits per heavy atom. The first-order valence-electron chi connectivity index (χ1n) is 7.00. The minimum absolute atomic E-state index is 0.544. The molecule has 3 heterocycles. The molecule has 2 N–H and O–H groups in total. The van der Waals surface area contributed by atoms with E-state index in [0.717, 1.165) is 35.0 Å². The molecule has 5 heteroatoms. The first-order valence-corrected chi connectivity index (χ1v) is 7.79. The number of rotatable bonds is 2. The second kappa shape index (κ2) is 5.38. The maximum Gasteiger partial charge on any atom is 0.133 e. The minimum atomic E-state index is 0.544. The Morgan fingerprint density at radius 3 is 2.95 bits per heavy atom. The van der Waals surface area contributed by atoms with E-state index in [4.69, 9.17) is 5.73 Å². The zero-order valence-electron chi connectivity index (χ0n) is 11.3. The van der Waals surface area contributed by atoms with Gasteiger partial charge in [-0.2, -0.15) is 0 Å². The average molecular weight is 325 g/mol. The standard InChI is InChI=1S/C14H21BrN4/c1-18-12-2-3-13(18)9-19(5-4-12)14-10(7-16)6-11(15)8-17-14/h6,8,12-13H,2-5,7,9,16H2,1H3. The molecule has 0 aliphatic carbocycles. The van der Waals surface area contributed by atoms with Crippen molar-refractivity contribution in [3.8, 4) is 0 Å². The molecule has 4 nitrogen and oxygen atoms in total. The molecular weight excluding hydrogens is 304 g/mol. The quantitative estimate of drug-likeness (QED) is 0.903. The van der Waals surface area contributed by atoms with Crippen LogP contribution in [0.3, 0.4) is 0 Å². The van der Waals surface area contributed by atoms with Gasteiger partial charge in [0.15, 0.2) is 0 Å². The lowest BCUT2D eigenvalue weighted by molar-refractivity contribution is 0.254. The summed E-state index contributed by atoms with van der Waals surface area (Å²) in [7, 11) is 2.27. The fourth-order valence-electron chi connectivity index (χ4n) is 3.41. The average Bonchev–Trinajstić information content (AvgIpc) is 2.64. The van der Waals surface area contributed by atoms with Crippen molar-refractivity contribution in [2.75, 3.05) is 25.0 Å². The predicted molar refractivity (Wildman–Crippen MR) is 81.2 cm³/mol. The molecule has 0 amide bonds. The van der Waals surface area contributed by atoms with Gasteiger partial charge in [-0.1, -0.05) is 0 Å². The van der Waals surface area contributed by atoms with Crippen molar-refractivity contribution < 1.29 is 0 Å². The van der Waals surface area contributed by atoms with Crippen LogP contribution in [0.25, 0.3) is 0 Å². The largest absolute Gasteiger partial charge is 0.355 e. The van der Waals surface area contributed by atoms with Crippen molar-refractivity contribution in [1.29, 1.82) is 0 Å². The lowest BCUT2D eigenvalue weighted by Gasteiger charge is -2.28. The van der Waals surface area contributed by atoms with Crippen LogP contribution in [0.15, 0.2) is 16.7 Å². The molecule has 0 spiro atoms. The van der Waals surface area contributed by atoms with Crippen LogP contribution in [0, 0.1) is 0 Å². The van der Waals surface area contributed by atoms with E-state index >= 15 is 0 Å². The summed E-state index contributed by atoms with van der Waals surface area (Å²) in [6.45, 7) is 2.71. The fourth-order valence-corrected chi connectivity index (χ4v) is 3.79. The number of nitrogens with two attached hydrogens (primary N) is 1. The number of aromatic nitrogens is 1. The van der Waals surface area contributed by atoms with Crippen LogP contribution in [0.4, 0.5) is 5.82 Å². The molecule has 2 aliphatic rings. The lowest BCUT2D eigenvalue weighted by Crippen LogP contribution is -2.37. The van der Waals surface area contributed by atoms with Crippen LogP contribution in [-0.2, 0) is 6.54 Å². The van der Waals surface area contributed by atoms with Gasteiger partial charge in [0.2, 0.25) is 0 Å². The number of hydrogen-bond donors (Lipinski definition) is 1. The molecule has 3 rings (SSSR count). The topological polar surface area (TPSA) is 45.4 Å². The second-order valence-electron chi connectivity index (χ2n) is 5.63. The summed E-state index contributed by atoms with van der Waals surface area (Å²) < 4.78 is 1.00. The Bertz CT molecular complexity index is 465. The summed E-state index contributed by atoms with van der Waals surface area (Å²) in [6.07, 6.45) is 5.77. The summed E-state index contributed by atoms with van der Waals surface area (Å²) in [5.74, 6) is 1.08. The predicted octanol–water partition coefficient (Wildman–Crippen LogP) is 1.98. The first kappa shape index (κ1) is 13.3. The maximum absolute atomic E-state index is 5.87. The molecule has 2 bridgehead atoms. The van der Waals surface area contributed by atoms with E-state index in [9.17, 15) is 0 Å². The van der Waals surface area contributed by atoms with Crippen molar-refractivity contribution in [1.82, 2.24) is 9.88 Å². The zero-order valence-corrected chi connectivity index (χ0v) is 12.9. The van der Waals surface area contributed by atoms with Gasteiger partial charge in [0, 0.05) is 48.0 Å². The third kappa shape index (κ3) is 2.51. The van der Waals surface area contributed by atoms with Gasteiger partial charge in [-0.25, -0.2) is 4.98 Å².